The number of anilines is 1. The van der Waals surface area contributed by atoms with Crippen LogP contribution in [0.15, 0.2) is 95.9 Å². The number of aromatic nitrogens is 1. The Kier molecular flexibility index (Phi) is 8.34. The molecular weight excluding hydrogens is 542 g/mol. The van der Waals surface area contributed by atoms with Gasteiger partial charge in [-0.15, -0.1) is 0 Å². The molecule has 0 unspecified atom stereocenters. The fourth-order valence-corrected chi connectivity index (χ4v) is 6.35. The highest BCUT2D eigenvalue weighted by Crippen LogP contribution is 2.27. The minimum atomic E-state index is -3.76. The van der Waals surface area contributed by atoms with Crippen LogP contribution in [0.25, 0.3) is 5.69 Å². The molecule has 2 heterocycles. The lowest BCUT2D eigenvalue weighted by atomic mass is 10.1. The summed E-state index contributed by atoms with van der Waals surface area (Å²) >= 11 is 0. The number of ether oxygens (including phenoxy) is 2. The van der Waals surface area contributed by atoms with E-state index in [0.717, 1.165) is 11.4 Å². The number of nitrogens with one attached hydrogen (secondary N) is 1. The van der Waals surface area contributed by atoms with Crippen molar-refractivity contribution < 1.29 is 27.5 Å². The Morgan fingerprint density at radius 1 is 0.878 bits per heavy atom. The van der Waals surface area contributed by atoms with Crippen LogP contribution in [0.3, 0.4) is 0 Å². The second-order valence-corrected chi connectivity index (χ2v) is 11.6. The number of amides is 1. The van der Waals surface area contributed by atoms with Crippen LogP contribution in [-0.2, 0) is 24.3 Å². The van der Waals surface area contributed by atoms with E-state index in [4.69, 9.17) is 9.47 Å². The van der Waals surface area contributed by atoms with E-state index in [0.29, 0.717) is 30.0 Å². The average Bonchev–Trinajstić information content (AvgIpc) is 3.30. The summed E-state index contributed by atoms with van der Waals surface area (Å²) in [4.78, 5) is 27.1. The first-order valence-electron chi connectivity index (χ1n) is 13.2. The number of nitrogens with zero attached hydrogens (tertiary/aromatic N) is 2. The van der Waals surface area contributed by atoms with Gasteiger partial charge in [-0.3, -0.25) is 4.79 Å². The molecule has 10 heteroatoms. The summed E-state index contributed by atoms with van der Waals surface area (Å²) in [5, 5.41) is 2.74. The zero-order valence-corrected chi connectivity index (χ0v) is 23.6. The SMILES string of the molecule is Cc1cc(C(=O)O[C@@H](C(=O)Nc2cccc(S(=O)(=O)N3CCOCC3)c2)c2ccccc2)c(C)n1-c1ccccc1. The van der Waals surface area contributed by atoms with Gasteiger partial charge in [0.1, 0.15) is 0 Å². The maximum Gasteiger partial charge on any atom is 0.341 e. The molecule has 1 aliphatic heterocycles. The van der Waals surface area contributed by atoms with Crippen LogP contribution >= 0.6 is 0 Å². The number of morpholine rings is 1. The maximum absolute atomic E-state index is 13.6. The molecule has 4 aromatic rings. The molecule has 3 aromatic carbocycles. The Bertz CT molecular complexity index is 1650. The molecule has 212 valence electrons. The Hall–Kier alpha value is -4.25. The molecule has 0 bridgehead atoms. The van der Waals surface area contributed by atoms with Gasteiger partial charge in [0.25, 0.3) is 5.91 Å². The Morgan fingerprint density at radius 3 is 2.22 bits per heavy atom. The first-order chi connectivity index (χ1) is 19.8. The minimum absolute atomic E-state index is 0.0545. The third-order valence-electron chi connectivity index (χ3n) is 6.94. The summed E-state index contributed by atoms with van der Waals surface area (Å²) in [5.74, 6) is -1.25. The number of para-hydroxylation sites is 1. The van der Waals surface area contributed by atoms with E-state index in [1.807, 2.05) is 48.7 Å². The normalized spacial score (nSPS) is 14.8. The van der Waals surface area contributed by atoms with Crippen molar-refractivity contribution in [3.63, 3.8) is 0 Å². The molecule has 0 saturated carbocycles. The van der Waals surface area contributed by atoms with Crippen molar-refractivity contribution >= 4 is 27.6 Å². The highest BCUT2D eigenvalue weighted by molar-refractivity contribution is 7.89. The lowest BCUT2D eigenvalue weighted by Gasteiger charge is -2.26. The van der Waals surface area contributed by atoms with Gasteiger partial charge in [0.2, 0.25) is 16.1 Å². The van der Waals surface area contributed by atoms with E-state index >= 15 is 0 Å². The number of carbonyl (C=O) groups excluding carboxylic acids is 2. The van der Waals surface area contributed by atoms with Gasteiger partial charge in [0.05, 0.1) is 23.7 Å². The lowest BCUT2D eigenvalue weighted by molar-refractivity contribution is -0.125. The topological polar surface area (TPSA) is 107 Å². The molecule has 5 rings (SSSR count). The predicted octanol–water partition coefficient (Wildman–Crippen LogP) is 4.65. The van der Waals surface area contributed by atoms with Gasteiger partial charge in [-0.25, -0.2) is 13.2 Å². The third-order valence-corrected chi connectivity index (χ3v) is 8.83. The zero-order valence-electron chi connectivity index (χ0n) is 22.8. The molecule has 1 aliphatic rings. The van der Waals surface area contributed by atoms with Gasteiger partial charge < -0.3 is 19.4 Å². The molecule has 9 nitrogen and oxygen atoms in total. The Morgan fingerprint density at radius 2 is 1.54 bits per heavy atom. The second kappa shape index (κ2) is 12.1. The second-order valence-electron chi connectivity index (χ2n) is 9.69. The number of rotatable bonds is 8. The van der Waals surface area contributed by atoms with Crippen molar-refractivity contribution in [3.05, 3.63) is 114 Å². The van der Waals surface area contributed by atoms with E-state index in [2.05, 4.69) is 5.32 Å². The van der Waals surface area contributed by atoms with Gasteiger partial charge in [0, 0.05) is 41.4 Å². The molecule has 0 aliphatic carbocycles. The maximum atomic E-state index is 13.6. The van der Waals surface area contributed by atoms with Crippen molar-refractivity contribution in [3.8, 4) is 5.69 Å². The molecule has 0 radical (unpaired) electrons. The van der Waals surface area contributed by atoms with Crippen LogP contribution in [0.4, 0.5) is 5.69 Å². The quantitative estimate of drug-likeness (QED) is 0.308. The molecule has 41 heavy (non-hydrogen) atoms. The van der Waals surface area contributed by atoms with Gasteiger partial charge in [-0.1, -0.05) is 54.6 Å². The number of esters is 1. The van der Waals surface area contributed by atoms with E-state index in [1.54, 1.807) is 48.5 Å². The number of hydrogen-bond acceptors (Lipinski definition) is 6. The standard InChI is InChI=1S/C31H31N3O6S/c1-22-20-28(23(2)34(22)26-13-7-4-8-14-26)31(36)40-29(24-10-5-3-6-11-24)30(35)32-25-12-9-15-27(21-25)41(37,38)33-16-18-39-19-17-33/h3-15,20-21,29H,16-19H2,1-2H3,(H,32,35)/t29-/m1/s1. The predicted molar refractivity (Wildman–Crippen MR) is 154 cm³/mol. The highest BCUT2D eigenvalue weighted by Gasteiger charge is 2.29. The van der Waals surface area contributed by atoms with Gasteiger partial charge in [0.15, 0.2) is 0 Å². The average molecular weight is 574 g/mol. The molecular formula is C31H31N3O6S. The van der Waals surface area contributed by atoms with Crippen molar-refractivity contribution in [1.29, 1.82) is 0 Å². The molecule has 0 spiro atoms. The van der Waals surface area contributed by atoms with Crippen molar-refractivity contribution in [2.24, 2.45) is 0 Å². The van der Waals surface area contributed by atoms with E-state index in [9.17, 15) is 18.0 Å². The molecule has 1 amide bonds. The third kappa shape index (κ3) is 6.09. The lowest BCUT2D eigenvalue weighted by Crippen LogP contribution is -2.40. The fourth-order valence-electron chi connectivity index (χ4n) is 4.89. The molecule has 1 aromatic heterocycles. The first kappa shape index (κ1) is 28.3. The highest BCUT2D eigenvalue weighted by atomic mass is 32.2. The van der Waals surface area contributed by atoms with Crippen LogP contribution in [0, 0.1) is 13.8 Å². The van der Waals surface area contributed by atoms with Gasteiger partial charge in [-0.2, -0.15) is 4.31 Å². The summed E-state index contributed by atoms with van der Waals surface area (Å²) in [6, 6.07) is 26.1. The minimum Gasteiger partial charge on any atom is -0.444 e. The summed E-state index contributed by atoms with van der Waals surface area (Å²) < 4.78 is 40.7. The van der Waals surface area contributed by atoms with Crippen LogP contribution in [0.2, 0.25) is 0 Å². The van der Waals surface area contributed by atoms with Crippen LogP contribution in [0.1, 0.15) is 33.4 Å². The zero-order chi connectivity index (χ0) is 29.0. The number of benzene rings is 3. The van der Waals surface area contributed by atoms with Crippen molar-refractivity contribution in [2.75, 3.05) is 31.6 Å². The summed E-state index contributed by atoms with van der Waals surface area (Å²) in [5.41, 5.74) is 3.53. The van der Waals surface area contributed by atoms with Crippen LogP contribution in [0.5, 0.6) is 0 Å². The van der Waals surface area contributed by atoms with E-state index < -0.39 is 28.0 Å². The molecule has 1 saturated heterocycles. The Labute approximate surface area is 239 Å². The van der Waals surface area contributed by atoms with Gasteiger partial charge >= 0.3 is 5.97 Å². The number of carbonyl (C=O) groups is 2. The van der Waals surface area contributed by atoms with Crippen LogP contribution in [-0.4, -0.2) is 55.5 Å². The Balaban J connectivity index is 1.40. The van der Waals surface area contributed by atoms with E-state index in [-0.39, 0.29) is 23.7 Å². The number of sulfonamides is 1. The molecule has 1 fully saturated rings. The summed E-state index contributed by atoms with van der Waals surface area (Å²) in [6.45, 7) is 4.90. The fraction of sp³-hybridized carbons (Fsp3) is 0.226. The smallest absolute Gasteiger partial charge is 0.341 e. The van der Waals surface area contributed by atoms with Gasteiger partial charge in [-0.05, 0) is 50.2 Å². The van der Waals surface area contributed by atoms with E-state index in [1.165, 1.54) is 16.4 Å². The summed E-state index contributed by atoms with van der Waals surface area (Å²) in [7, 11) is -3.76. The number of aryl methyl sites for hydroxylation is 1. The molecule has 1 atom stereocenters. The van der Waals surface area contributed by atoms with Crippen molar-refractivity contribution in [1.82, 2.24) is 8.87 Å². The van der Waals surface area contributed by atoms with Crippen LogP contribution < -0.4 is 5.32 Å². The monoisotopic (exact) mass is 573 g/mol. The van der Waals surface area contributed by atoms with Crippen molar-refractivity contribution in [2.45, 2.75) is 24.8 Å². The largest absolute Gasteiger partial charge is 0.444 e. The first-order valence-corrected chi connectivity index (χ1v) is 14.7. The number of hydrogen-bond donors (Lipinski definition) is 1. The molecule has 1 N–H and O–H groups in total. The summed E-state index contributed by atoms with van der Waals surface area (Å²) in [6.07, 6.45) is -1.28.